The van der Waals surface area contributed by atoms with Gasteiger partial charge < -0.3 is 25.4 Å². The molecule has 2 aromatic carbocycles. The molecule has 0 aliphatic heterocycles. The van der Waals surface area contributed by atoms with E-state index < -0.39 is 28.9 Å². The molecule has 212 valence electrons. The number of nitrogens with one attached hydrogen (secondary N) is 3. The lowest BCUT2D eigenvalue weighted by Crippen LogP contribution is -2.35. The first kappa shape index (κ1) is 28.1. The average molecular weight is 582 g/mol. The van der Waals surface area contributed by atoms with Crippen molar-refractivity contribution in [1.82, 2.24) is 15.3 Å². The number of benzene rings is 2. The van der Waals surface area contributed by atoms with Crippen LogP contribution in [0.2, 0.25) is 0 Å². The third kappa shape index (κ3) is 5.86. The Morgan fingerprint density at radius 3 is 2.34 bits per heavy atom. The zero-order valence-electron chi connectivity index (χ0n) is 22.0. The molecule has 1 aliphatic carbocycles. The summed E-state index contributed by atoms with van der Waals surface area (Å²) in [5.41, 5.74) is -0.207. The predicted molar refractivity (Wildman–Crippen MR) is 148 cm³/mol. The second-order valence-corrected chi connectivity index (χ2v) is 10.4. The van der Waals surface area contributed by atoms with Gasteiger partial charge in [0.25, 0.3) is 5.91 Å². The fourth-order valence-electron chi connectivity index (χ4n) is 4.16. The largest absolute Gasteiger partial charge is 0.435 e. The molecule has 2 heterocycles. The van der Waals surface area contributed by atoms with Crippen LogP contribution in [0.3, 0.4) is 0 Å². The third-order valence-electron chi connectivity index (χ3n) is 6.61. The fraction of sp³-hybridized carbons (Fsp3) is 0.250. The second kappa shape index (κ2) is 11.6. The molecule has 0 bridgehead atoms. The number of anilines is 2. The van der Waals surface area contributed by atoms with E-state index in [1.54, 1.807) is 6.92 Å². The number of aryl methyl sites for hydroxylation is 1. The molecule has 4 aromatic rings. The fourth-order valence-corrected chi connectivity index (χ4v) is 5.22. The Balaban J connectivity index is 1.29. The van der Waals surface area contributed by atoms with Crippen LogP contribution in [0.15, 0.2) is 48.8 Å². The van der Waals surface area contributed by atoms with Crippen LogP contribution in [0.5, 0.6) is 11.6 Å². The lowest BCUT2D eigenvalue weighted by atomic mass is 10.0. The van der Waals surface area contributed by atoms with E-state index >= 15 is 4.39 Å². The number of hydrogen-bond donors (Lipinski definition) is 3. The number of halogens is 2. The Morgan fingerprint density at radius 2 is 1.68 bits per heavy atom. The van der Waals surface area contributed by atoms with Crippen molar-refractivity contribution in [2.75, 3.05) is 30.9 Å². The van der Waals surface area contributed by atoms with Crippen LogP contribution in [0.1, 0.15) is 28.1 Å². The van der Waals surface area contributed by atoms with Crippen LogP contribution >= 0.6 is 11.3 Å². The van der Waals surface area contributed by atoms with Crippen molar-refractivity contribution < 1.29 is 32.6 Å². The molecule has 0 atom stereocenters. The molecular formula is C28H25F2N5O5S. The number of fused-ring (bicyclic) bond motifs is 1. The molecule has 10 nitrogen and oxygen atoms in total. The molecule has 41 heavy (non-hydrogen) atoms. The SMILES string of the molecule is COCCNC(=O)c1sc2ncnc(Oc3ccc(NC(=O)C4(C(=O)Nc5ccc(F)cc5)CC4)cc3F)c2c1C. The monoisotopic (exact) mass is 581 g/mol. The van der Waals surface area contributed by atoms with Crippen LogP contribution in [0.25, 0.3) is 10.2 Å². The van der Waals surface area contributed by atoms with Gasteiger partial charge in [0.05, 0.1) is 16.9 Å². The maximum absolute atomic E-state index is 15.1. The van der Waals surface area contributed by atoms with Crippen molar-refractivity contribution in [3.8, 4) is 11.6 Å². The number of aromatic nitrogens is 2. The van der Waals surface area contributed by atoms with Gasteiger partial charge in [-0.3, -0.25) is 14.4 Å². The Hall–Kier alpha value is -4.49. The van der Waals surface area contributed by atoms with Gasteiger partial charge in [-0.15, -0.1) is 11.3 Å². The van der Waals surface area contributed by atoms with E-state index in [1.807, 2.05) is 0 Å². The van der Waals surface area contributed by atoms with E-state index in [1.165, 1.54) is 61.2 Å². The van der Waals surface area contributed by atoms with Gasteiger partial charge in [0.2, 0.25) is 17.7 Å². The minimum Gasteiger partial charge on any atom is -0.435 e. The second-order valence-electron chi connectivity index (χ2n) is 9.41. The number of hydrogen-bond acceptors (Lipinski definition) is 8. The highest BCUT2D eigenvalue weighted by molar-refractivity contribution is 7.20. The number of thiophene rings is 1. The van der Waals surface area contributed by atoms with Crippen LogP contribution in [-0.2, 0) is 14.3 Å². The van der Waals surface area contributed by atoms with Gasteiger partial charge in [-0.1, -0.05) is 0 Å². The topological polar surface area (TPSA) is 132 Å². The Bertz CT molecular complexity index is 1640. The molecular weight excluding hydrogens is 556 g/mol. The zero-order valence-corrected chi connectivity index (χ0v) is 22.9. The first-order valence-corrected chi connectivity index (χ1v) is 13.4. The van der Waals surface area contributed by atoms with E-state index in [0.29, 0.717) is 52.3 Å². The molecule has 0 unspecified atom stereocenters. The molecule has 1 saturated carbocycles. The lowest BCUT2D eigenvalue weighted by molar-refractivity contribution is -0.131. The van der Waals surface area contributed by atoms with Gasteiger partial charge in [-0.25, -0.2) is 18.7 Å². The summed E-state index contributed by atoms with van der Waals surface area (Å²) < 4.78 is 39.0. The molecule has 0 saturated heterocycles. The molecule has 2 aromatic heterocycles. The van der Waals surface area contributed by atoms with Crippen molar-refractivity contribution in [3.05, 3.63) is 70.9 Å². The summed E-state index contributed by atoms with van der Waals surface area (Å²) in [5, 5.41) is 8.46. The van der Waals surface area contributed by atoms with Gasteiger partial charge in [-0.05, 0) is 61.7 Å². The van der Waals surface area contributed by atoms with Crippen LogP contribution in [-0.4, -0.2) is 48.0 Å². The summed E-state index contributed by atoms with van der Waals surface area (Å²) in [6.07, 6.45) is 1.91. The van der Waals surface area contributed by atoms with Crippen LogP contribution < -0.4 is 20.7 Å². The smallest absolute Gasteiger partial charge is 0.261 e. The van der Waals surface area contributed by atoms with Crippen LogP contribution in [0.4, 0.5) is 20.2 Å². The number of carbonyl (C=O) groups is 3. The van der Waals surface area contributed by atoms with Crippen molar-refractivity contribution in [1.29, 1.82) is 0 Å². The summed E-state index contributed by atoms with van der Waals surface area (Å²) in [6.45, 7) is 2.44. The molecule has 0 spiro atoms. The van der Waals surface area contributed by atoms with Crippen molar-refractivity contribution in [3.63, 3.8) is 0 Å². The third-order valence-corrected chi connectivity index (χ3v) is 7.81. The number of methoxy groups -OCH3 is 1. The number of nitrogens with zero attached hydrogens (tertiary/aromatic N) is 2. The number of carbonyl (C=O) groups excluding carboxylic acids is 3. The summed E-state index contributed by atoms with van der Waals surface area (Å²) >= 11 is 1.17. The quantitative estimate of drug-likeness (QED) is 0.181. The number of rotatable bonds is 10. The van der Waals surface area contributed by atoms with Gasteiger partial charge in [-0.2, -0.15) is 0 Å². The van der Waals surface area contributed by atoms with Gasteiger partial charge in [0, 0.05) is 31.1 Å². The zero-order chi connectivity index (χ0) is 29.1. The predicted octanol–water partition coefficient (Wildman–Crippen LogP) is 4.80. The van der Waals surface area contributed by atoms with Crippen LogP contribution in [0, 0.1) is 24.0 Å². The highest BCUT2D eigenvalue weighted by atomic mass is 32.1. The lowest BCUT2D eigenvalue weighted by Gasteiger charge is -2.16. The highest BCUT2D eigenvalue weighted by Gasteiger charge is 2.56. The van der Waals surface area contributed by atoms with Gasteiger partial charge in [0.15, 0.2) is 11.6 Å². The molecule has 1 fully saturated rings. The summed E-state index contributed by atoms with van der Waals surface area (Å²) in [6, 6.07) is 9.05. The minimum atomic E-state index is -1.30. The molecule has 3 amide bonds. The van der Waals surface area contributed by atoms with E-state index in [4.69, 9.17) is 9.47 Å². The molecule has 13 heteroatoms. The molecule has 5 rings (SSSR count). The van der Waals surface area contributed by atoms with Crippen molar-refractivity contribution in [2.24, 2.45) is 5.41 Å². The number of amides is 3. The van der Waals surface area contributed by atoms with Gasteiger partial charge >= 0.3 is 0 Å². The normalized spacial score (nSPS) is 13.5. The van der Waals surface area contributed by atoms with Gasteiger partial charge in [0.1, 0.15) is 22.4 Å². The Labute approximate surface area is 237 Å². The molecule has 3 N–H and O–H groups in total. The Kier molecular flexibility index (Phi) is 7.90. The standard InChI is InChI=1S/C28H25F2N5O5S/c1-15-21-24(32-14-33-25(21)41-22(15)23(36)31-11-12-39-2)40-20-8-7-18(13-19(20)30)35-27(38)28(9-10-28)26(37)34-17-5-3-16(29)4-6-17/h3-8,13-14H,9-12H2,1-2H3,(H,31,36)(H,34,37)(H,35,38). The summed E-state index contributed by atoms with van der Waals surface area (Å²) in [5.74, 6) is -2.70. The Morgan fingerprint density at radius 1 is 1.00 bits per heavy atom. The van der Waals surface area contributed by atoms with E-state index in [-0.39, 0.29) is 23.2 Å². The molecule has 1 aliphatic rings. The minimum absolute atomic E-state index is 0.0739. The summed E-state index contributed by atoms with van der Waals surface area (Å²) in [7, 11) is 1.54. The summed E-state index contributed by atoms with van der Waals surface area (Å²) in [4.78, 5) is 47.6. The van der Waals surface area contributed by atoms with Crippen molar-refractivity contribution in [2.45, 2.75) is 19.8 Å². The molecule has 0 radical (unpaired) electrons. The maximum atomic E-state index is 15.1. The first-order chi connectivity index (χ1) is 19.7. The average Bonchev–Trinajstić information content (AvgIpc) is 3.70. The maximum Gasteiger partial charge on any atom is 0.261 e. The highest BCUT2D eigenvalue weighted by Crippen LogP contribution is 2.47. The number of ether oxygens (including phenoxy) is 2. The van der Waals surface area contributed by atoms with E-state index in [2.05, 4.69) is 25.9 Å². The van der Waals surface area contributed by atoms with E-state index in [0.717, 1.165) is 6.07 Å². The van der Waals surface area contributed by atoms with Crippen molar-refractivity contribution >= 4 is 50.6 Å². The van der Waals surface area contributed by atoms with E-state index in [9.17, 15) is 18.8 Å². The first-order valence-electron chi connectivity index (χ1n) is 12.6.